The van der Waals surface area contributed by atoms with Gasteiger partial charge < -0.3 is 5.32 Å². The van der Waals surface area contributed by atoms with Crippen LogP contribution < -0.4 is 5.32 Å². The molecule has 0 saturated carbocycles. The molecule has 0 aliphatic carbocycles. The molecule has 2 rings (SSSR count). The van der Waals surface area contributed by atoms with Crippen molar-refractivity contribution < 1.29 is 0 Å². The molecule has 0 aliphatic heterocycles. The lowest BCUT2D eigenvalue weighted by Gasteiger charge is -2.02. The van der Waals surface area contributed by atoms with Crippen LogP contribution in [0.2, 0.25) is 0 Å². The number of pyridine rings is 1. The summed E-state index contributed by atoms with van der Waals surface area (Å²) in [4.78, 5) is 6.69. The second-order valence-corrected chi connectivity index (χ2v) is 4.47. The molecule has 0 spiro atoms. The van der Waals surface area contributed by atoms with Gasteiger partial charge in [-0.1, -0.05) is 0 Å². The van der Waals surface area contributed by atoms with Crippen LogP contribution in [0.15, 0.2) is 36.7 Å². The smallest absolute Gasteiger partial charge is 0.0494 e. The van der Waals surface area contributed by atoms with E-state index < -0.39 is 0 Å². The Morgan fingerprint density at radius 1 is 1.21 bits per heavy atom. The maximum atomic E-state index is 3.97. The molecule has 2 nitrogen and oxygen atoms in total. The van der Waals surface area contributed by atoms with E-state index in [1.807, 2.05) is 23.5 Å². The fourth-order valence-electron chi connectivity index (χ4n) is 1.24. The largest absolute Gasteiger partial charge is 0.380 e. The van der Waals surface area contributed by atoms with E-state index in [2.05, 4.69) is 29.4 Å². The number of nitrogens with zero attached hydrogens (tertiary/aromatic N) is 1. The fourth-order valence-corrected chi connectivity index (χ4v) is 2.07. The summed E-state index contributed by atoms with van der Waals surface area (Å²) in [5, 5.41) is 3.34. The van der Waals surface area contributed by atoms with E-state index in [1.54, 1.807) is 12.4 Å². The van der Waals surface area contributed by atoms with E-state index >= 15 is 0 Å². The molecule has 3 heteroatoms. The Labute approximate surface area is 87.6 Å². The van der Waals surface area contributed by atoms with Gasteiger partial charge in [0.05, 0.1) is 0 Å². The monoisotopic (exact) mass is 204 g/mol. The summed E-state index contributed by atoms with van der Waals surface area (Å²) in [6.45, 7) is 3.02. The summed E-state index contributed by atoms with van der Waals surface area (Å²) in [5.41, 5.74) is 1.12. The highest BCUT2D eigenvalue weighted by Crippen LogP contribution is 2.16. The van der Waals surface area contributed by atoms with Gasteiger partial charge in [0.15, 0.2) is 0 Å². The van der Waals surface area contributed by atoms with Crippen molar-refractivity contribution in [1.82, 2.24) is 4.98 Å². The van der Waals surface area contributed by atoms with E-state index in [9.17, 15) is 0 Å². The number of aromatic nitrogens is 1. The number of rotatable bonds is 3. The van der Waals surface area contributed by atoms with Gasteiger partial charge in [-0.2, -0.15) is 0 Å². The normalized spacial score (nSPS) is 10.1. The molecule has 0 amide bonds. The van der Waals surface area contributed by atoms with Crippen LogP contribution >= 0.6 is 11.3 Å². The number of hydrogen-bond acceptors (Lipinski definition) is 3. The van der Waals surface area contributed by atoms with Gasteiger partial charge >= 0.3 is 0 Å². The summed E-state index contributed by atoms with van der Waals surface area (Å²) >= 11 is 1.83. The number of thiophene rings is 1. The van der Waals surface area contributed by atoms with Gasteiger partial charge in [-0.15, -0.1) is 11.3 Å². The summed E-state index contributed by atoms with van der Waals surface area (Å²) in [5.74, 6) is 0. The zero-order valence-electron chi connectivity index (χ0n) is 8.03. The molecule has 2 heterocycles. The molecule has 2 aromatic heterocycles. The highest BCUT2D eigenvalue weighted by Gasteiger charge is 1.95. The zero-order chi connectivity index (χ0) is 9.80. The van der Waals surface area contributed by atoms with Gasteiger partial charge in [0.1, 0.15) is 0 Å². The van der Waals surface area contributed by atoms with Crippen molar-refractivity contribution in [2.24, 2.45) is 0 Å². The number of aryl methyl sites for hydroxylation is 1. The Hall–Kier alpha value is -1.35. The highest BCUT2D eigenvalue weighted by molar-refractivity contribution is 7.11. The molecular weight excluding hydrogens is 192 g/mol. The van der Waals surface area contributed by atoms with Gasteiger partial charge in [-0.05, 0) is 31.2 Å². The highest BCUT2D eigenvalue weighted by atomic mass is 32.1. The van der Waals surface area contributed by atoms with Crippen molar-refractivity contribution in [3.05, 3.63) is 46.4 Å². The minimum absolute atomic E-state index is 0.891. The predicted molar refractivity (Wildman–Crippen MR) is 60.6 cm³/mol. The van der Waals surface area contributed by atoms with Crippen molar-refractivity contribution >= 4 is 17.0 Å². The Bertz CT molecular complexity index is 395. The quantitative estimate of drug-likeness (QED) is 0.831. The molecular formula is C11H12N2S. The average molecular weight is 204 g/mol. The van der Waals surface area contributed by atoms with Crippen molar-refractivity contribution in [2.75, 3.05) is 5.32 Å². The molecule has 0 radical (unpaired) electrons. The van der Waals surface area contributed by atoms with Crippen LogP contribution in [0.25, 0.3) is 0 Å². The maximum absolute atomic E-state index is 3.97. The van der Waals surface area contributed by atoms with Crippen molar-refractivity contribution in [3.8, 4) is 0 Å². The standard InChI is InChI=1S/C11H12N2S/c1-9-2-3-11(14-9)8-13-10-4-6-12-7-5-10/h2-7H,8H2,1H3,(H,12,13). The van der Waals surface area contributed by atoms with Crippen LogP contribution in [0.3, 0.4) is 0 Å². The first-order valence-corrected chi connectivity index (χ1v) is 5.35. The van der Waals surface area contributed by atoms with Gasteiger partial charge in [-0.3, -0.25) is 4.98 Å². The third-order valence-corrected chi connectivity index (χ3v) is 2.94. The SMILES string of the molecule is Cc1ccc(CNc2ccncc2)s1. The van der Waals surface area contributed by atoms with Crippen LogP contribution in [0.5, 0.6) is 0 Å². The van der Waals surface area contributed by atoms with Crippen LogP contribution in [-0.2, 0) is 6.54 Å². The predicted octanol–water partition coefficient (Wildman–Crippen LogP) is 3.06. The van der Waals surface area contributed by atoms with Crippen LogP contribution in [0.1, 0.15) is 9.75 Å². The molecule has 0 atom stereocenters. The van der Waals surface area contributed by atoms with E-state index in [1.165, 1.54) is 9.75 Å². The van der Waals surface area contributed by atoms with E-state index in [4.69, 9.17) is 0 Å². The average Bonchev–Trinajstić information content (AvgIpc) is 2.63. The molecule has 72 valence electrons. The number of nitrogens with one attached hydrogen (secondary N) is 1. The lowest BCUT2D eigenvalue weighted by molar-refractivity contribution is 1.18. The maximum Gasteiger partial charge on any atom is 0.0494 e. The van der Waals surface area contributed by atoms with E-state index in [0.29, 0.717) is 0 Å². The molecule has 1 N–H and O–H groups in total. The van der Waals surface area contributed by atoms with Gasteiger partial charge in [0.25, 0.3) is 0 Å². The molecule has 0 bridgehead atoms. The molecule has 0 aromatic carbocycles. The van der Waals surface area contributed by atoms with Crippen LogP contribution in [-0.4, -0.2) is 4.98 Å². The minimum Gasteiger partial charge on any atom is -0.380 e. The Balaban J connectivity index is 1.95. The third-order valence-electron chi connectivity index (χ3n) is 1.94. The molecule has 0 fully saturated rings. The van der Waals surface area contributed by atoms with Crippen LogP contribution in [0.4, 0.5) is 5.69 Å². The second-order valence-electron chi connectivity index (χ2n) is 3.10. The van der Waals surface area contributed by atoms with Gasteiger partial charge in [0, 0.05) is 34.4 Å². The van der Waals surface area contributed by atoms with Crippen molar-refractivity contribution in [2.45, 2.75) is 13.5 Å². The van der Waals surface area contributed by atoms with Crippen LogP contribution in [0, 0.1) is 6.92 Å². The van der Waals surface area contributed by atoms with Crippen molar-refractivity contribution in [3.63, 3.8) is 0 Å². The molecule has 2 aromatic rings. The topological polar surface area (TPSA) is 24.9 Å². The van der Waals surface area contributed by atoms with E-state index in [0.717, 1.165) is 12.2 Å². The van der Waals surface area contributed by atoms with Crippen molar-refractivity contribution in [1.29, 1.82) is 0 Å². The molecule has 0 unspecified atom stereocenters. The van der Waals surface area contributed by atoms with Gasteiger partial charge in [0.2, 0.25) is 0 Å². The zero-order valence-corrected chi connectivity index (χ0v) is 8.84. The first kappa shape index (κ1) is 9.21. The van der Waals surface area contributed by atoms with Gasteiger partial charge in [-0.25, -0.2) is 0 Å². The number of hydrogen-bond donors (Lipinski definition) is 1. The fraction of sp³-hybridized carbons (Fsp3) is 0.182. The lowest BCUT2D eigenvalue weighted by atomic mass is 10.4. The lowest BCUT2D eigenvalue weighted by Crippen LogP contribution is -1.96. The minimum atomic E-state index is 0.891. The Morgan fingerprint density at radius 2 is 2.00 bits per heavy atom. The number of anilines is 1. The first-order valence-electron chi connectivity index (χ1n) is 4.54. The summed E-state index contributed by atoms with van der Waals surface area (Å²) in [6, 6.07) is 8.25. The third kappa shape index (κ3) is 2.33. The Morgan fingerprint density at radius 3 is 2.64 bits per heavy atom. The molecule has 0 aliphatic rings. The van der Waals surface area contributed by atoms with E-state index in [-0.39, 0.29) is 0 Å². The summed E-state index contributed by atoms with van der Waals surface area (Å²) in [6.07, 6.45) is 3.59. The Kier molecular flexibility index (Phi) is 2.79. The molecule has 14 heavy (non-hydrogen) atoms. The summed E-state index contributed by atoms with van der Waals surface area (Å²) in [7, 11) is 0. The first-order chi connectivity index (χ1) is 6.84. The molecule has 0 saturated heterocycles. The summed E-state index contributed by atoms with van der Waals surface area (Å²) < 4.78 is 0. The second kappa shape index (κ2) is 4.24.